The summed E-state index contributed by atoms with van der Waals surface area (Å²) in [6.45, 7) is 0.889. The molecule has 2 bridgehead atoms. The van der Waals surface area contributed by atoms with Gasteiger partial charge >= 0.3 is 0 Å². The molecule has 0 aromatic heterocycles. The lowest BCUT2D eigenvalue weighted by Crippen LogP contribution is -2.44. The van der Waals surface area contributed by atoms with E-state index in [1.54, 1.807) is 19.1 Å². The number of hydrogen-bond acceptors (Lipinski definition) is 5. The highest BCUT2D eigenvalue weighted by atomic mass is 16.5. The van der Waals surface area contributed by atoms with Gasteiger partial charge in [0.05, 0.1) is 38.7 Å². The fraction of sp³-hybridized carbons (Fsp3) is 0.360. The zero-order valence-electron chi connectivity index (χ0n) is 18.1. The third-order valence-corrected chi connectivity index (χ3v) is 6.63. The van der Waals surface area contributed by atoms with Gasteiger partial charge in [-0.05, 0) is 36.2 Å². The van der Waals surface area contributed by atoms with Crippen LogP contribution in [0.25, 0.3) is 0 Å². The molecule has 32 heavy (non-hydrogen) atoms. The molecule has 2 amide bonds. The van der Waals surface area contributed by atoms with Crippen LogP contribution in [0.15, 0.2) is 60.7 Å². The fourth-order valence-corrected chi connectivity index (χ4v) is 5.11. The average molecular weight is 434 g/mol. The number of fused-ring (bicyclic) bond motifs is 1. The van der Waals surface area contributed by atoms with E-state index in [4.69, 9.17) is 14.2 Å². The number of rotatable bonds is 7. The molecule has 1 spiro atoms. The molecule has 3 aliphatic rings. The SMILES string of the molecule is COc1ccc(CCNC(=O)C2C3C=CC4(CN(c5ccccc5)C(=O)C24)O3)cc1OC. The Morgan fingerprint density at radius 1 is 1.16 bits per heavy atom. The Balaban J connectivity index is 1.27. The van der Waals surface area contributed by atoms with Crippen molar-refractivity contribution < 1.29 is 23.8 Å². The van der Waals surface area contributed by atoms with Crippen LogP contribution in [0.5, 0.6) is 11.5 Å². The van der Waals surface area contributed by atoms with E-state index in [1.807, 2.05) is 60.7 Å². The molecule has 1 N–H and O–H groups in total. The number of nitrogens with one attached hydrogen (secondary N) is 1. The quantitative estimate of drug-likeness (QED) is 0.677. The van der Waals surface area contributed by atoms with E-state index in [-0.39, 0.29) is 17.9 Å². The molecule has 7 nitrogen and oxygen atoms in total. The molecule has 0 aliphatic carbocycles. The van der Waals surface area contributed by atoms with Crippen LogP contribution in [-0.2, 0) is 20.7 Å². The van der Waals surface area contributed by atoms with Crippen LogP contribution in [0.4, 0.5) is 5.69 Å². The van der Waals surface area contributed by atoms with Gasteiger partial charge in [-0.2, -0.15) is 0 Å². The summed E-state index contributed by atoms with van der Waals surface area (Å²) in [4.78, 5) is 28.2. The molecule has 2 aromatic rings. The highest BCUT2D eigenvalue weighted by molar-refractivity contribution is 6.03. The highest BCUT2D eigenvalue weighted by Crippen LogP contribution is 2.52. The van der Waals surface area contributed by atoms with E-state index in [9.17, 15) is 9.59 Å². The second kappa shape index (κ2) is 7.98. The molecule has 166 valence electrons. The minimum absolute atomic E-state index is 0.0527. The highest BCUT2D eigenvalue weighted by Gasteiger charge is 2.66. The van der Waals surface area contributed by atoms with Gasteiger partial charge in [-0.3, -0.25) is 9.59 Å². The standard InChI is InChI=1S/C25H26N2O5/c1-30-18-9-8-16(14-20(18)31-2)11-13-26-23(28)21-19-10-12-25(32-19)15-27(24(29)22(21)25)17-6-4-3-5-7-17/h3-10,12,14,19,21-22H,11,13,15H2,1-2H3,(H,26,28). The zero-order valence-corrected chi connectivity index (χ0v) is 18.1. The maximum atomic E-state index is 13.3. The van der Waals surface area contributed by atoms with Crippen molar-refractivity contribution in [2.24, 2.45) is 11.8 Å². The van der Waals surface area contributed by atoms with Crippen molar-refractivity contribution in [1.82, 2.24) is 5.32 Å². The molecule has 0 saturated carbocycles. The molecule has 7 heteroatoms. The number of carbonyl (C=O) groups excluding carboxylic acids is 2. The van der Waals surface area contributed by atoms with E-state index in [1.165, 1.54) is 0 Å². The van der Waals surface area contributed by atoms with Gasteiger partial charge in [-0.25, -0.2) is 0 Å². The molecule has 0 radical (unpaired) electrons. The minimum Gasteiger partial charge on any atom is -0.493 e. The second-order valence-electron chi connectivity index (χ2n) is 8.39. The lowest BCUT2D eigenvalue weighted by molar-refractivity contribution is -0.131. The van der Waals surface area contributed by atoms with Crippen LogP contribution < -0.4 is 19.7 Å². The van der Waals surface area contributed by atoms with Crippen molar-refractivity contribution in [2.45, 2.75) is 18.1 Å². The van der Waals surface area contributed by atoms with Crippen molar-refractivity contribution >= 4 is 17.5 Å². The summed E-state index contributed by atoms with van der Waals surface area (Å²) < 4.78 is 16.8. The first-order chi connectivity index (χ1) is 15.6. The predicted octanol–water partition coefficient (Wildman–Crippen LogP) is 2.35. The molecule has 2 saturated heterocycles. The number of anilines is 1. The van der Waals surface area contributed by atoms with E-state index < -0.39 is 17.4 Å². The van der Waals surface area contributed by atoms with Crippen molar-refractivity contribution in [3.05, 3.63) is 66.2 Å². The largest absolute Gasteiger partial charge is 0.493 e. The van der Waals surface area contributed by atoms with E-state index in [2.05, 4.69) is 5.32 Å². The van der Waals surface area contributed by atoms with Gasteiger partial charge in [0, 0.05) is 12.2 Å². The van der Waals surface area contributed by atoms with Gasteiger partial charge in [0.2, 0.25) is 11.8 Å². The first kappa shape index (κ1) is 20.6. The summed E-state index contributed by atoms with van der Waals surface area (Å²) in [7, 11) is 3.19. The molecule has 3 heterocycles. The number of benzene rings is 2. The monoisotopic (exact) mass is 434 g/mol. The topological polar surface area (TPSA) is 77.1 Å². The van der Waals surface area contributed by atoms with Gasteiger partial charge in [0.15, 0.2) is 11.5 Å². The van der Waals surface area contributed by atoms with Gasteiger partial charge in [0.1, 0.15) is 5.60 Å². The van der Waals surface area contributed by atoms with Gasteiger partial charge in [-0.15, -0.1) is 0 Å². The summed E-state index contributed by atoms with van der Waals surface area (Å²) in [6.07, 6.45) is 4.18. The van der Waals surface area contributed by atoms with Gasteiger partial charge in [0.25, 0.3) is 0 Å². The maximum absolute atomic E-state index is 13.3. The van der Waals surface area contributed by atoms with E-state index in [0.29, 0.717) is 31.0 Å². The summed E-state index contributed by atoms with van der Waals surface area (Å²) in [5.74, 6) is 0.102. The van der Waals surface area contributed by atoms with Crippen LogP contribution in [0.1, 0.15) is 5.56 Å². The number of nitrogens with zero attached hydrogens (tertiary/aromatic N) is 1. The first-order valence-corrected chi connectivity index (χ1v) is 10.8. The third-order valence-electron chi connectivity index (χ3n) is 6.63. The maximum Gasteiger partial charge on any atom is 0.234 e. The van der Waals surface area contributed by atoms with Crippen LogP contribution in [0.2, 0.25) is 0 Å². The minimum atomic E-state index is -0.719. The average Bonchev–Trinajstić information content (AvgIpc) is 3.47. The van der Waals surface area contributed by atoms with Crippen molar-refractivity contribution in [2.75, 3.05) is 32.2 Å². The second-order valence-corrected chi connectivity index (χ2v) is 8.39. The fourth-order valence-electron chi connectivity index (χ4n) is 5.11. The predicted molar refractivity (Wildman–Crippen MR) is 119 cm³/mol. The molecule has 2 fully saturated rings. The Labute approximate surface area is 186 Å². The van der Waals surface area contributed by atoms with E-state index in [0.717, 1.165) is 11.3 Å². The molecule has 5 rings (SSSR count). The summed E-state index contributed by atoms with van der Waals surface area (Å²) in [5, 5.41) is 3.01. The van der Waals surface area contributed by atoms with Crippen molar-refractivity contribution in [1.29, 1.82) is 0 Å². The Bertz CT molecular complexity index is 1070. The van der Waals surface area contributed by atoms with Gasteiger partial charge in [-0.1, -0.05) is 36.4 Å². The normalized spacial score (nSPS) is 27.5. The Hall–Kier alpha value is -3.32. The van der Waals surface area contributed by atoms with Crippen LogP contribution in [0.3, 0.4) is 0 Å². The Kier molecular flexibility index (Phi) is 5.13. The lowest BCUT2D eigenvalue weighted by Gasteiger charge is -2.23. The van der Waals surface area contributed by atoms with Gasteiger partial charge < -0.3 is 24.4 Å². The number of amides is 2. The smallest absolute Gasteiger partial charge is 0.234 e. The lowest BCUT2D eigenvalue weighted by atomic mass is 9.77. The number of ether oxygens (including phenoxy) is 3. The first-order valence-electron chi connectivity index (χ1n) is 10.8. The molecular formula is C25H26N2O5. The van der Waals surface area contributed by atoms with E-state index >= 15 is 0 Å². The summed E-state index contributed by atoms with van der Waals surface area (Å²) >= 11 is 0. The Morgan fingerprint density at radius 2 is 1.94 bits per heavy atom. The van der Waals surface area contributed by atoms with Crippen LogP contribution in [-0.4, -0.2) is 50.8 Å². The molecule has 3 aliphatic heterocycles. The molecule has 2 aromatic carbocycles. The third kappa shape index (κ3) is 3.24. The van der Waals surface area contributed by atoms with Crippen LogP contribution in [0, 0.1) is 11.8 Å². The molecular weight excluding hydrogens is 408 g/mol. The van der Waals surface area contributed by atoms with Crippen molar-refractivity contribution in [3.8, 4) is 11.5 Å². The summed E-state index contributed by atoms with van der Waals surface area (Å²) in [5.41, 5.74) is 1.13. The number of para-hydroxylation sites is 1. The molecule has 4 atom stereocenters. The van der Waals surface area contributed by atoms with Crippen LogP contribution >= 0.6 is 0 Å². The molecule has 4 unspecified atom stereocenters. The Morgan fingerprint density at radius 3 is 2.69 bits per heavy atom. The number of hydrogen-bond donors (Lipinski definition) is 1. The number of methoxy groups -OCH3 is 2. The zero-order chi connectivity index (χ0) is 22.3. The van der Waals surface area contributed by atoms with Crippen molar-refractivity contribution in [3.63, 3.8) is 0 Å². The summed E-state index contributed by atoms with van der Waals surface area (Å²) in [6, 6.07) is 15.2. The number of carbonyl (C=O) groups is 2.